The van der Waals surface area contributed by atoms with Crippen LogP contribution in [0, 0.1) is 0 Å². The predicted molar refractivity (Wildman–Crippen MR) is 104 cm³/mol. The van der Waals surface area contributed by atoms with Crippen LogP contribution in [0.15, 0.2) is 52.9 Å². The van der Waals surface area contributed by atoms with Gasteiger partial charge in [-0.1, -0.05) is 24.3 Å². The molecule has 0 radical (unpaired) electrons. The van der Waals surface area contributed by atoms with Gasteiger partial charge in [-0.2, -0.15) is 0 Å². The third-order valence-electron chi connectivity index (χ3n) is 4.34. The van der Waals surface area contributed by atoms with Crippen LogP contribution in [0.3, 0.4) is 0 Å². The molecule has 2 amide bonds. The first-order valence-electron chi connectivity index (χ1n) is 8.80. The van der Waals surface area contributed by atoms with Gasteiger partial charge < -0.3 is 24.5 Å². The molecule has 3 rings (SSSR count). The van der Waals surface area contributed by atoms with Gasteiger partial charge in [0, 0.05) is 11.9 Å². The Hall–Kier alpha value is -3.48. The summed E-state index contributed by atoms with van der Waals surface area (Å²) in [5.74, 6) is 0.592. The van der Waals surface area contributed by atoms with E-state index in [1.54, 1.807) is 18.2 Å². The predicted octanol–water partition coefficient (Wildman–Crippen LogP) is 3.79. The summed E-state index contributed by atoms with van der Waals surface area (Å²) in [4.78, 5) is 24.1. The zero-order chi connectivity index (χ0) is 20.1. The fourth-order valence-corrected chi connectivity index (χ4v) is 2.85. The molecule has 7 heteroatoms. The molecule has 0 unspecified atom stereocenters. The first-order valence-corrected chi connectivity index (χ1v) is 8.80. The van der Waals surface area contributed by atoms with Crippen molar-refractivity contribution in [1.29, 1.82) is 0 Å². The number of urea groups is 1. The van der Waals surface area contributed by atoms with E-state index in [1.165, 1.54) is 14.2 Å². The SMILES string of the molecule is COC(=O)c1cc(CNC(=O)N[C@H](C)c2cc3ccccc3o2)ccc1OC. The van der Waals surface area contributed by atoms with Gasteiger partial charge in [-0.25, -0.2) is 9.59 Å². The van der Waals surface area contributed by atoms with E-state index >= 15 is 0 Å². The van der Waals surface area contributed by atoms with Gasteiger partial charge in [0.25, 0.3) is 0 Å². The van der Waals surface area contributed by atoms with Crippen LogP contribution in [0.2, 0.25) is 0 Å². The van der Waals surface area contributed by atoms with Crippen molar-refractivity contribution in [3.05, 3.63) is 65.4 Å². The number of ether oxygens (including phenoxy) is 2. The largest absolute Gasteiger partial charge is 0.496 e. The van der Waals surface area contributed by atoms with Gasteiger partial charge in [-0.15, -0.1) is 0 Å². The fraction of sp³-hybridized carbons (Fsp3) is 0.238. The molecule has 7 nitrogen and oxygen atoms in total. The van der Waals surface area contributed by atoms with Crippen molar-refractivity contribution in [3.8, 4) is 5.75 Å². The molecule has 0 fully saturated rings. The number of hydrogen-bond donors (Lipinski definition) is 2. The molecule has 0 saturated heterocycles. The Morgan fingerprint density at radius 2 is 1.89 bits per heavy atom. The number of nitrogens with one attached hydrogen (secondary N) is 2. The lowest BCUT2D eigenvalue weighted by atomic mass is 10.1. The van der Waals surface area contributed by atoms with Crippen LogP contribution in [-0.2, 0) is 11.3 Å². The molecule has 146 valence electrons. The first kappa shape index (κ1) is 19.3. The Balaban J connectivity index is 1.61. The van der Waals surface area contributed by atoms with Crippen LogP contribution in [0.4, 0.5) is 4.79 Å². The van der Waals surface area contributed by atoms with Crippen LogP contribution in [0.25, 0.3) is 11.0 Å². The van der Waals surface area contributed by atoms with Gasteiger partial charge >= 0.3 is 12.0 Å². The van der Waals surface area contributed by atoms with Gasteiger partial charge in [-0.05, 0) is 36.8 Å². The number of esters is 1. The Morgan fingerprint density at radius 3 is 2.61 bits per heavy atom. The number of hydrogen-bond acceptors (Lipinski definition) is 5. The van der Waals surface area contributed by atoms with E-state index in [0.29, 0.717) is 17.1 Å². The maximum absolute atomic E-state index is 12.2. The second kappa shape index (κ2) is 8.47. The number of carbonyl (C=O) groups is 2. The number of rotatable bonds is 6. The quantitative estimate of drug-likeness (QED) is 0.633. The molecular formula is C21H22N2O5. The molecule has 0 aliphatic carbocycles. The van der Waals surface area contributed by atoms with Crippen LogP contribution in [0.5, 0.6) is 5.75 Å². The fourth-order valence-electron chi connectivity index (χ4n) is 2.85. The van der Waals surface area contributed by atoms with E-state index in [-0.39, 0.29) is 18.6 Å². The molecule has 0 aliphatic heterocycles. The number of methoxy groups -OCH3 is 2. The molecule has 0 bridgehead atoms. The summed E-state index contributed by atoms with van der Waals surface area (Å²) in [5, 5.41) is 6.59. The number of para-hydroxylation sites is 1. The highest BCUT2D eigenvalue weighted by molar-refractivity contribution is 5.92. The minimum Gasteiger partial charge on any atom is -0.496 e. The van der Waals surface area contributed by atoms with Crippen LogP contribution >= 0.6 is 0 Å². The van der Waals surface area contributed by atoms with Gasteiger partial charge in [-0.3, -0.25) is 0 Å². The highest BCUT2D eigenvalue weighted by Gasteiger charge is 2.16. The molecule has 1 atom stereocenters. The Bertz CT molecular complexity index is 962. The zero-order valence-electron chi connectivity index (χ0n) is 15.9. The minimum absolute atomic E-state index is 0.243. The van der Waals surface area contributed by atoms with E-state index < -0.39 is 5.97 Å². The normalized spacial score (nSPS) is 11.7. The molecule has 1 aromatic heterocycles. The van der Waals surface area contributed by atoms with Crippen molar-refractivity contribution in [2.24, 2.45) is 0 Å². The molecule has 2 N–H and O–H groups in total. The third-order valence-corrected chi connectivity index (χ3v) is 4.34. The second-order valence-electron chi connectivity index (χ2n) is 6.26. The topological polar surface area (TPSA) is 89.8 Å². The highest BCUT2D eigenvalue weighted by Crippen LogP contribution is 2.23. The lowest BCUT2D eigenvalue weighted by Crippen LogP contribution is -2.36. The Kier molecular flexibility index (Phi) is 5.84. The molecule has 2 aromatic carbocycles. The van der Waals surface area contributed by atoms with E-state index in [2.05, 4.69) is 10.6 Å². The number of carbonyl (C=O) groups excluding carboxylic acids is 2. The molecular weight excluding hydrogens is 360 g/mol. The van der Waals surface area contributed by atoms with E-state index in [1.807, 2.05) is 37.3 Å². The first-order chi connectivity index (χ1) is 13.5. The van der Waals surface area contributed by atoms with Crippen molar-refractivity contribution in [3.63, 3.8) is 0 Å². The summed E-state index contributed by atoms with van der Waals surface area (Å²) in [6.07, 6.45) is 0. The standard InChI is InChI=1S/C21H22N2O5/c1-13(19-11-15-6-4-5-7-17(15)28-19)23-21(25)22-12-14-8-9-18(26-2)16(10-14)20(24)27-3/h4-11,13H,12H2,1-3H3,(H2,22,23,25)/t13-/m1/s1. The molecule has 0 saturated carbocycles. The maximum atomic E-state index is 12.2. The summed E-state index contributed by atoms with van der Waals surface area (Å²) in [7, 11) is 2.78. The molecule has 28 heavy (non-hydrogen) atoms. The summed E-state index contributed by atoms with van der Waals surface area (Å²) >= 11 is 0. The third kappa shape index (κ3) is 4.25. The van der Waals surface area contributed by atoms with Crippen molar-refractivity contribution >= 4 is 23.0 Å². The summed E-state index contributed by atoms with van der Waals surface area (Å²) in [6, 6.07) is 14.0. The number of furan rings is 1. The molecule has 3 aromatic rings. The smallest absolute Gasteiger partial charge is 0.341 e. The average Bonchev–Trinajstić information content (AvgIpc) is 3.16. The van der Waals surface area contributed by atoms with Crippen LogP contribution in [0.1, 0.15) is 34.6 Å². The lowest BCUT2D eigenvalue weighted by Gasteiger charge is -2.13. The highest BCUT2D eigenvalue weighted by atomic mass is 16.5. The van der Waals surface area contributed by atoms with Gasteiger partial charge in [0.05, 0.1) is 20.3 Å². The van der Waals surface area contributed by atoms with Gasteiger partial charge in [0.1, 0.15) is 22.7 Å². The van der Waals surface area contributed by atoms with E-state index in [9.17, 15) is 9.59 Å². The van der Waals surface area contributed by atoms with Crippen molar-refractivity contribution in [1.82, 2.24) is 10.6 Å². The molecule has 0 aliphatic rings. The number of amides is 2. The zero-order valence-corrected chi connectivity index (χ0v) is 15.9. The number of benzene rings is 2. The lowest BCUT2D eigenvalue weighted by molar-refractivity contribution is 0.0597. The summed E-state index contributed by atoms with van der Waals surface area (Å²) < 4.78 is 15.7. The Labute approximate surface area is 162 Å². The molecule has 0 spiro atoms. The number of fused-ring (bicyclic) bond motifs is 1. The molecule has 1 heterocycles. The van der Waals surface area contributed by atoms with Gasteiger partial charge in [0.2, 0.25) is 0 Å². The van der Waals surface area contributed by atoms with Crippen LogP contribution < -0.4 is 15.4 Å². The van der Waals surface area contributed by atoms with E-state index in [0.717, 1.165) is 16.5 Å². The monoisotopic (exact) mass is 382 g/mol. The summed E-state index contributed by atoms with van der Waals surface area (Å²) in [5.41, 5.74) is 1.83. The van der Waals surface area contributed by atoms with E-state index in [4.69, 9.17) is 13.9 Å². The second-order valence-corrected chi connectivity index (χ2v) is 6.26. The average molecular weight is 382 g/mol. The Morgan fingerprint density at radius 1 is 1.11 bits per heavy atom. The van der Waals surface area contributed by atoms with Crippen molar-refractivity contribution < 1.29 is 23.5 Å². The van der Waals surface area contributed by atoms with Crippen molar-refractivity contribution in [2.75, 3.05) is 14.2 Å². The van der Waals surface area contributed by atoms with Crippen LogP contribution in [-0.4, -0.2) is 26.2 Å². The minimum atomic E-state index is -0.498. The van der Waals surface area contributed by atoms with Crippen molar-refractivity contribution in [2.45, 2.75) is 19.5 Å². The van der Waals surface area contributed by atoms with Gasteiger partial charge in [0.15, 0.2) is 0 Å². The maximum Gasteiger partial charge on any atom is 0.341 e. The summed E-state index contributed by atoms with van der Waals surface area (Å²) in [6.45, 7) is 2.09.